The maximum atomic E-state index is 11.0. The molecule has 1 saturated carbocycles. The van der Waals surface area contributed by atoms with Crippen molar-refractivity contribution in [3.63, 3.8) is 0 Å². The first kappa shape index (κ1) is 17.2. The molecule has 0 unspecified atom stereocenters. The first-order chi connectivity index (χ1) is 9.99. The van der Waals surface area contributed by atoms with Crippen LogP contribution in [0.1, 0.15) is 26.2 Å². The summed E-state index contributed by atoms with van der Waals surface area (Å²) in [5.74, 6) is -2.32. The molecule has 118 valence electrons. The third kappa shape index (κ3) is 5.18. The Morgan fingerprint density at radius 3 is 2.67 bits per heavy atom. The molecule has 2 N–H and O–H groups in total. The lowest BCUT2D eigenvalue weighted by atomic mass is 9.90. The Morgan fingerprint density at radius 1 is 1.38 bits per heavy atom. The van der Waals surface area contributed by atoms with Crippen LogP contribution in [0.3, 0.4) is 0 Å². The molecule has 1 aliphatic rings. The van der Waals surface area contributed by atoms with Crippen LogP contribution in [0.15, 0.2) is 12.2 Å². The third-order valence-corrected chi connectivity index (χ3v) is 3.52. The van der Waals surface area contributed by atoms with Gasteiger partial charge in [0.15, 0.2) is 0 Å². The van der Waals surface area contributed by atoms with Gasteiger partial charge in [-0.3, -0.25) is 14.4 Å². The number of aliphatic hydroxyl groups excluding tert-OH is 1. The van der Waals surface area contributed by atoms with Gasteiger partial charge in [0.2, 0.25) is 0 Å². The topological polar surface area (TPSA) is 110 Å². The Balaban J connectivity index is 2.69. The Kier molecular flexibility index (Phi) is 6.87. The predicted molar refractivity (Wildman–Crippen MR) is 71.2 cm³/mol. The number of ether oxygens (including phenoxy) is 2. The molecule has 0 spiro atoms. The SMILES string of the molecule is CCC(=O)OCC=C[C@H]1[C@H](CC(=O)O)[C@H](O)C[C@@H]1OC=O. The summed E-state index contributed by atoms with van der Waals surface area (Å²) in [6, 6.07) is 0. The zero-order chi connectivity index (χ0) is 15.8. The van der Waals surface area contributed by atoms with Crippen LogP contribution in [0.25, 0.3) is 0 Å². The molecular weight excluding hydrogens is 280 g/mol. The van der Waals surface area contributed by atoms with Gasteiger partial charge < -0.3 is 19.7 Å². The first-order valence-corrected chi connectivity index (χ1v) is 6.80. The van der Waals surface area contributed by atoms with Gasteiger partial charge in [-0.1, -0.05) is 19.1 Å². The van der Waals surface area contributed by atoms with Crippen molar-refractivity contribution in [2.45, 2.75) is 38.4 Å². The molecule has 7 heteroatoms. The van der Waals surface area contributed by atoms with Crippen molar-refractivity contribution in [2.75, 3.05) is 6.61 Å². The number of aliphatic hydroxyl groups is 1. The zero-order valence-corrected chi connectivity index (χ0v) is 11.8. The third-order valence-electron chi connectivity index (χ3n) is 3.52. The van der Waals surface area contributed by atoms with E-state index in [1.807, 2.05) is 0 Å². The minimum Gasteiger partial charge on any atom is -0.481 e. The summed E-state index contributed by atoms with van der Waals surface area (Å²) in [4.78, 5) is 32.3. The monoisotopic (exact) mass is 300 g/mol. The molecule has 0 saturated heterocycles. The molecule has 0 heterocycles. The van der Waals surface area contributed by atoms with E-state index in [-0.39, 0.29) is 31.8 Å². The minimum absolute atomic E-state index is 0.0624. The van der Waals surface area contributed by atoms with Gasteiger partial charge in [0.05, 0.1) is 12.5 Å². The molecule has 0 aliphatic heterocycles. The summed E-state index contributed by atoms with van der Waals surface area (Å²) in [5, 5.41) is 18.8. The number of carboxylic acids is 1. The number of rotatable bonds is 8. The second-order valence-electron chi connectivity index (χ2n) is 4.88. The highest BCUT2D eigenvalue weighted by Crippen LogP contribution is 2.37. The van der Waals surface area contributed by atoms with Crippen molar-refractivity contribution in [2.24, 2.45) is 11.8 Å². The van der Waals surface area contributed by atoms with Gasteiger partial charge in [-0.25, -0.2) is 0 Å². The molecule has 0 amide bonds. The maximum absolute atomic E-state index is 11.0. The van der Waals surface area contributed by atoms with Crippen LogP contribution < -0.4 is 0 Å². The fraction of sp³-hybridized carbons (Fsp3) is 0.643. The molecule has 0 aromatic carbocycles. The Bertz CT molecular complexity index is 404. The molecule has 21 heavy (non-hydrogen) atoms. The molecule has 1 aliphatic carbocycles. The summed E-state index contributed by atoms with van der Waals surface area (Å²) in [6.45, 7) is 2.03. The molecule has 1 fully saturated rings. The molecule has 0 aromatic rings. The largest absolute Gasteiger partial charge is 0.481 e. The smallest absolute Gasteiger partial charge is 0.305 e. The molecule has 1 rings (SSSR count). The lowest BCUT2D eigenvalue weighted by Gasteiger charge is -2.20. The van der Waals surface area contributed by atoms with Crippen LogP contribution in [0.2, 0.25) is 0 Å². The van der Waals surface area contributed by atoms with E-state index in [4.69, 9.17) is 14.6 Å². The van der Waals surface area contributed by atoms with E-state index in [9.17, 15) is 19.5 Å². The number of carbonyl (C=O) groups excluding carboxylic acids is 2. The van der Waals surface area contributed by atoms with Crippen molar-refractivity contribution in [3.8, 4) is 0 Å². The lowest BCUT2D eigenvalue weighted by molar-refractivity contribution is -0.142. The highest BCUT2D eigenvalue weighted by molar-refractivity contribution is 5.69. The summed E-state index contributed by atoms with van der Waals surface area (Å²) < 4.78 is 9.78. The predicted octanol–water partition coefficient (Wildman–Crippen LogP) is 0.509. The Morgan fingerprint density at radius 2 is 2.10 bits per heavy atom. The molecule has 7 nitrogen and oxygen atoms in total. The Hall–Kier alpha value is -1.89. The number of hydrogen-bond acceptors (Lipinski definition) is 6. The van der Waals surface area contributed by atoms with Crippen molar-refractivity contribution >= 4 is 18.4 Å². The fourth-order valence-corrected chi connectivity index (χ4v) is 2.52. The number of carboxylic acid groups (broad SMARTS) is 1. The van der Waals surface area contributed by atoms with E-state index in [2.05, 4.69) is 0 Å². The average Bonchev–Trinajstić information content (AvgIpc) is 2.71. The van der Waals surface area contributed by atoms with Crippen LogP contribution in [-0.2, 0) is 23.9 Å². The van der Waals surface area contributed by atoms with Crippen LogP contribution in [0.5, 0.6) is 0 Å². The summed E-state index contributed by atoms with van der Waals surface area (Å²) in [5.41, 5.74) is 0. The van der Waals surface area contributed by atoms with Crippen LogP contribution in [0, 0.1) is 11.8 Å². The lowest BCUT2D eigenvalue weighted by Crippen LogP contribution is -2.24. The van der Waals surface area contributed by atoms with Gasteiger partial charge in [0.25, 0.3) is 6.47 Å². The van der Waals surface area contributed by atoms with Gasteiger partial charge in [0, 0.05) is 24.7 Å². The van der Waals surface area contributed by atoms with Gasteiger partial charge in [-0.2, -0.15) is 0 Å². The first-order valence-electron chi connectivity index (χ1n) is 6.80. The molecule has 0 aromatic heterocycles. The Labute approximate surface area is 122 Å². The minimum atomic E-state index is -1.03. The summed E-state index contributed by atoms with van der Waals surface area (Å²) in [7, 11) is 0. The number of esters is 1. The molecule has 0 bridgehead atoms. The van der Waals surface area contributed by atoms with Crippen molar-refractivity contribution < 1.29 is 34.1 Å². The van der Waals surface area contributed by atoms with Crippen LogP contribution >= 0.6 is 0 Å². The van der Waals surface area contributed by atoms with Crippen molar-refractivity contribution in [1.29, 1.82) is 0 Å². The number of carbonyl (C=O) groups is 3. The number of aliphatic carboxylic acids is 1. The average molecular weight is 300 g/mol. The summed E-state index contributed by atoms with van der Waals surface area (Å²) >= 11 is 0. The molecule has 0 radical (unpaired) electrons. The van der Waals surface area contributed by atoms with Gasteiger partial charge in [0.1, 0.15) is 12.7 Å². The van der Waals surface area contributed by atoms with E-state index >= 15 is 0 Å². The van der Waals surface area contributed by atoms with Gasteiger partial charge in [-0.15, -0.1) is 0 Å². The second-order valence-corrected chi connectivity index (χ2v) is 4.88. The van der Waals surface area contributed by atoms with Crippen molar-refractivity contribution in [3.05, 3.63) is 12.2 Å². The van der Waals surface area contributed by atoms with E-state index in [1.165, 1.54) is 0 Å². The maximum Gasteiger partial charge on any atom is 0.305 e. The number of hydrogen-bond donors (Lipinski definition) is 2. The highest BCUT2D eigenvalue weighted by Gasteiger charge is 2.43. The van der Waals surface area contributed by atoms with Crippen LogP contribution in [0.4, 0.5) is 0 Å². The highest BCUT2D eigenvalue weighted by atomic mass is 16.5. The fourth-order valence-electron chi connectivity index (χ4n) is 2.52. The van der Waals surface area contributed by atoms with Crippen LogP contribution in [-0.4, -0.2) is 47.4 Å². The van der Waals surface area contributed by atoms with Gasteiger partial charge in [-0.05, 0) is 0 Å². The van der Waals surface area contributed by atoms with E-state index in [0.717, 1.165) is 0 Å². The van der Waals surface area contributed by atoms with Crippen molar-refractivity contribution in [1.82, 2.24) is 0 Å². The standard InChI is InChI=1S/C14H20O7/c1-2-14(19)20-5-3-4-9-10(6-13(17)18)11(16)7-12(9)21-8-15/h3-4,8-12,16H,2,5-7H2,1H3,(H,17,18)/t9-,10-,11+,12-/m0/s1. The second kappa shape index (κ2) is 8.41. The van der Waals surface area contributed by atoms with Gasteiger partial charge >= 0.3 is 11.9 Å². The normalized spacial score (nSPS) is 28.5. The van der Waals surface area contributed by atoms with E-state index in [0.29, 0.717) is 6.47 Å². The van der Waals surface area contributed by atoms with E-state index < -0.39 is 30.0 Å². The molecular formula is C14H20O7. The van der Waals surface area contributed by atoms with E-state index in [1.54, 1.807) is 19.1 Å². The summed E-state index contributed by atoms with van der Waals surface area (Å²) in [6.07, 6.45) is 2.05. The quantitative estimate of drug-likeness (QED) is 0.382. The molecule has 4 atom stereocenters. The zero-order valence-electron chi connectivity index (χ0n) is 11.8.